The molecule has 1 fully saturated rings. The van der Waals surface area contributed by atoms with Gasteiger partial charge < -0.3 is 9.84 Å². The monoisotopic (exact) mass is 237 g/mol. The van der Waals surface area contributed by atoms with E-state index in [0.29, 0.717) is 0 Å². The molecular weight excluding hydrogens is 214 g/mol. The molecule has 4 heteroatoms. The van der Waals surface area contributed by atoms with Gasteiger partial charge in [-0.15, -0.1) is 0 Å². The van der Waals surface area contributed by atoms with Gasteiger partial charge in [0.25, 0.3) is 0 Å². The van der Waals surface area contributed by atoms with Crippen molar-refractivity contribution >= 4 is 0 Å². The Labute approximate surface area is 103 Å². The Morgan fingerprint density at radius 3 is 2.88 bits per heavy atom. The van der Waals surface area contributed by atoms with E-state index < -0.39 is 0 Å². The van der Waals surface area contributed by atoms with Gasteiger partial charge in [0.2, 0.25) is 5.89 Å². The van der Waals surface area contributed by atoms with Crippen LogP contribution in [0, 0.1) is 5.92 Å². The molecule has 2 rings (SSSR count). The summed E-state index contributed by atoms with van der Waals surface area (Å²) in [4.78, 5) is 4.44. The minimum Gasteiger partial charge on any atom is -0.339 e. The van der Waals surface area contributed by atoms with Gasteiger partial charge >= 0.3 is 0 Å². The van der Waals surface area contributed by atoms with Crippen LogP contribution in [0.2, 0.25) is 0 Å². The summed E-state index contributed by atoms with van der Waals surface area (Å²) < 4.78 is 5.28. The van der Waals surface area contributed by atoms with Crippen molar-refractivity contribution in [1.29, 1.82) is 0 Å². The third kappa shape index (κ3) is 4.11. The summed E-state index contributed by atoms with van der Waals surface area (Å²) in [6, 6.07) is 0. The highest BCUT2D eigenvalue weighted by Gasteiger charge is 2.14. The molecule has 0 atom stereocenters. The number of rotatable bonds is 6. The smallest absolute Gasteiger partial charge is 0.226 e. The highest BCUT2D eigenvalue weighted by atomic mass is 16.5. The van der Waals surface area contributed by atoms with Gasteiger partial charge in [0.1, 0.15) is 0 Å². The largest absolute Gasteiger partial charge is 0.339 e. The Bertz CT molecular complexity index is 318. The van der Waals surface area contributed by atoms with E-state index in [1.165, 1.54) is 25.7 Å². The second-order valence-electron chi connectivity index (χ2n) is 4.94. The van der Waals surface area contributed by atoms with Crippen LogP contribution in [0.25, 0.3) is 0 Å². The van der Waals surface area contributed by atoms with E-state index >= 15 is 0 Å². The van der Waals surface area contributed by atoms with E-state index in [1.807, 2.05) is 0 Å². The van der Waals surface area contributed by atoms with Crippen LogP contribution in [0.3, 0.4) is 0 Å². The molecule has 1 aromatic rings. The molecule has 1 N–H and O–H groups in total. The first-order valence-electron chi connectivity index (χ1n) is 6.90. The third-order valence-electron chi connectivity index (χ3n) is 3.49. The summed E-state index contributed by atoms with van der Waals surface area (Å²) in [5.41, 5.74) is 0. The quantitative estimate of drug-likeness (QED) is 0.825. The molecule has 0 amide bonds. The van der Waals surface area contributed by atoms with Gasteiger partial charge in [-0.25, -0.2) is 0 Å². The van der Waals surface area contributed by atoms with Crippen LogP contribution in [0.1, 0.15) is 50.7 Å². The normalized spacial score (nSPS) is 17.5. The predicted molar refractivity (Wildman–Crippen MR) is 66.8 cm³/mol. The van der Waals surface area contributed by atoms with Crippen molar-refractivity contribution in [2.45, 2.75) is 51.9 Å². The van der Waals surface area contributed by atoms with Gasteiger partial charge in [-0.05, 0) is 44.7 Å². The average molecular weight is 237 g/mol. The third-order valence-corrected chi connectivity index (χ3v) is 3.49. The molecule has 1 aliphatic rings. The molecule has 1 aliphatic heterocycles. The first-order valence-corrected chi connectivity index (χ1v) is 6.90. The van der Waals surface area contributed by atoms with Gasteiger partial charge in [-0.1, -0.05) is 18.5 Å². The lowest BCUT2D eigenvalue weighted by molar-refractivity contribution is 0.323. The molecule has 1 aromatic heterocycles. The van der Waals surface area contributed by atoms with E-state index in [4.69, 9.17) is 4.52 Å². The Hall–Kier alpha value is -0.900. The van der Waals surface area contributed by atoms with Crippen LogP contribution < -0.4 is 5.32 Å². The highest BCUT2D eigenvalue weighted by Crippen LogP contribution is 2.18. The molecule has 96 valence electrons. The number of nitrogens with one attached hydrogen (secondary N) is 1. The summed E-state index contributed by atoms with van der Waals surface area (Å²) in [6.45, 7) is 4.50. The Morgan fingerprint density at radius 1 is 1.29 bits per heavy atom. The zero-order valence-corrected chi connectivity index (χ0v) is 10.7. The van der Waals surface area contributed by atoms with Crippen LogP contribution in [0.4, 0.5) is 0 Å². The topological polar surface area (TPSA) is 51.0 Å². The van der Waals surface area contributed by atoms with E-state index in [2.05, 4.69) is 22.4 Å². The van der Waals surface area contributed by atoms with Crippen molar-refractivity contribution in [3.05, 3.63) is 11.7 Å². The van der Waals surface area contributed by atoms with Crippen LogP contribution in [0.5, 0.6) is 0 Å². The molecule has 17 heavy (non-hydrogen) atoms. The molecule has 2 heterocycles. The lowest BCUT2D eigenvalue weighted by Gasteiger charge is -2.21. The number of piperidine rings is 1. The van der Waals surface area contributed by atoms with Crippen LogP contribution in [0.15, 0.2) is 4.52 Å². The molecule has 0 aliphatic carbocycles. The van der Waals surface area contributed by atoms with Gasteiger partial charge in [0.15, 0.2) is 5.82 Å². The molecule has 4 nitrogen and oxygen atoms in total. The number of unbranched alkanes of at least 4 members (excludes halogenated alkanes) is 1. The average Bonchev–Trinajstić information content (AvgIpc) is 2.83. The Kier molecular flexibility index (Phi) is 4.98. The van der Waals surface area contributed by atoms with Crippen molar-refractivity contribution in [2.75, 3.05) is 13.1 Å². The van der Waals surface area contributed by atoms with Crippen molar-refractivity contribution in [1.82, 2.24) is 15.5 Å². The number of hydrogen-bond acceptors (Lipinski definition) is 4. The van der Waals surface area contributed by atoms with Crippen molar-refractivity contribution in [3.8, 4) is 0 Å². The first-order chi connectivity index (χ1) is 8.38. The van der Waals surface area contributed by atoms with Gasteiger partial charge in [-0.3, -0.25) is 0 Å². The minimum atomic E-state index is 0.828. The summed E-state index contributed by atoms with van der Waals surface area (Å²) in [5, 5.41) is 7.41. The Morgan fingerprint density at radius 2 is 2.12 bits per heavy atom. The molecule has 0 radical (unpaired) electrons. The summed E-state index contributed by atoms with van der Waals surface area (Å²) in [7, 11) is 0. The predicted octanol–water partition coefficient (Wildman–Crippen LogP) is 2.34. The highest BCUT2D eigenvalue weighted by molar-refractivity contribution is 4.87. The first kappa shape index (κ1) is 12.6. The summed E-state index contributed by atoms with van der Waals surface area (Å²) >= 11 is 0. The van der Waals surface area contributed by atoms with Crippen LogP contribution in [-0.2, 0) is 12.8 Å². The molecule has 0 aromatic carbocycles. The molecule has 0 saturated carbocycles. The number of nitrogens with zero attached hydrogens (tertiary/aromatic N) is 2. The number of aromatic nitrogens is 2. The van der Waals surface area contributed by atoms with E-state index in [-0.39, 0.29) is 0 Å². The molecular formula is C13H23N3O. The van der Waals surface area contributed by atoms with Gasteiger partial charge in [-0.2, -0.15) is 4.98 Å². The van der Waals surface area contributed by atoms with Crippen molar-refractivity contribution in [2.24, 2.45) is 5.92 Å². The Balaban J connectivity index is 1.72. The standard InChI is InChI=1S/C13H23N3O/c1-2-3-4-12-15-13(17-16-12)6-5-11-7-9-14-10-8-11/h11,14H,2-10H2,1H3. The van der Waals surface area contributed by atoms with Crippen molar-refractivity contribution in [3.63, 3.8) is 0 Å². The maximum atomic E-state index is 5.28. The van der Waals surface area contributed by atoms with Gasteiger partial charge in [0.05, 0.1) is 0 Å². The summed E-state index contributed by atoms with van der Waals surface area (Å²) in [5.74, 6) is 2.55. The SMILES string of the molecule is CCCCc1noc(CCC2CCNCC2)n1. The fourth-order valence-corrected chi connectivity index (χ4v) is 2.33. The van der Waals surface area contributed by atoms with E-state index in [1.54, 1.807) is 0 Å². The number of hydrogen-bond donors (Lipinski definition) is 1. The molecule has 0 bridgehead atoms. The molecule has 1 saturated heterocycles. The van der Waals surface area contributed by atoms with Crippen molar-refractivity contribution < 1.29 is 4.52 Å². The number of aryl methyl sites for hydroxylation is 2. The maximum absolute atomic E-state index is 5.28. The zero-order chi connectivity index (χ0) is 11.9. The van der Waals surface area contributed by atoms with Crippen LogP contribution >= 0.6 is 0 Å². The van der Waals surface area contributed by atoms with E-state index in [0.717, 1.165) is 50.0 Å². The lowest BCUT2D eigenvalue weighted by Crippen LogP contribution is -2.27. The summed E-state index contributed by atoms with van der Waals surface area (Å²) in [6.07, 6.45) is 7.99. The fraction of sp³-hybridized carbons (Fsp3) is 0.846. The van der Waals surface area contributed by atoms with Crippen LogP contribution in [-0.4, -0.2) is 23.2 Å². The minimum absolute atomic E-state index is 0.828. The second-order valence-corrected chi connectivity index (χ2v) is 4.94. The van der Waals surface area contributed by atoms with E-state index in [9.17, 15) is 0 Å². The second kappa shape index (κ2) is 6.74. The zero-order valence-electron chi connectivity index (χ0n) is 10.7. The molecule has 0 spiro atoms. The lowest BCUT2D eigenvalue weighted by atomic mass is 9.93. The maximum Gasteiger partial charge on any atom is 0.226 e. The molecule has 0 unspecified atom stereocenters. The van der Waals surface area contributed by atoms with Gasteiger partial charge in [0, 0.05) is 12.8 Å². The fourth-order valence-electron chi connectivity index (χ4n) is 2.33.